The van der Waals surface area contributed by atoms with Crippen LogP contribution in [0.15, 0.2) is 18.2 Å². The van der Waals surface area contributed by atoms with Crippen LogP contribution in [-0.2, 0) is 14.2 Å². The topological polar surface area (TPSA) is 161 Å². The zero-order valence-electron chi connectivity index (χ0n) is 27.0. The molecule has 0 spiro atoms. The lowest BCUT2D eigenvalue weighted by Crippen LogP contribution is -2.54. The van der Waals surface area contributed by atoms with Crippen LogP contribution in [0.3, 0.4) is 0 Å². The number of carbonyl (C=O) groups is 5. The molecule has 0 bridgehead atoms. The van der Waals surface area contributed by atoms with Crippen molar-refractivity contribution in [1.82, 2.24) is 21.3 Å². The highest BCUT2D eigenvalue weighted by Gasteiger charge is 2.32. The molecule has 0 saturated heterocycles. The van der Waals surface area contributed by atoms with Crippen molar-refractivity contribution < 1.29 is 38.2 Å². The molecule has 2 saturated carbocycles. The molecular weight excluding hydrogens is 568 g/mol. The van der Waals surface area contributed by atoms with Crippen molar-refractivity contribution in [3.63, 3.8) is 0 Å². The number of alkyl carbamates (subject to hydrolysis) is 2. The second-order valence-electron chi connectivity index (χ2n) is 13.5. The van der Waals surface area contributed by atoms with Gasteiger partial charge < -0.3 is 35.5 Å². The Kier molecular flexibility index (Phi) is 11.6. The summed E-state index contributed by atoms with van der Waals surface area (Å²) in [5, 5.41) is 11.7. The average molecular weight is 617 g/mol. The second-order valence-corrected chi connectivity index (χ2v) is 13.5. The molecule has 44 heavy (non-hydrogen) atoms. The molecule has 1 aromatic carbocycles. The van der Waals surface area contributed by atoms with Crippen molar-refractivity contribution in [2.24, 2.45) is 0 Å². The summed E-state index contributed by atoms with van der Waals surface area (Å²) in [6, 6.07) is 2.77. The van der Waals surface area contributed by atoms with Crippen molar-refractivity contribution in [2.45, 2.75) is 128 Å². The van der Waals surface area contributed by atoms with Gasteiger partial charge >= 0.3 is 18.2 Å². The van der Waals surface area contributed by atoms with Gasteiger partial charge in [-0.05, 0) is 85.4 Å². The first-order valence-corrected chi connectivity index (χ1v) is 15.4. The van der Waals surface area contributed by atoms with Crippen LogP contribution >= 0.6 is 0 Å². The van der Waals surface area contributed by atoms with E-state index in [1.165, 1.54) is 25.3 Å². The molecule has 4 unspecified atom stereocenters. The van der Waals surface area contributed by atoms with Crippen molar-refractivity contribution in [3.05, 3.63) is 34.9 Å². The van der Waals surface area contributed by atoms with Gasteiger partial charge in [0.25, 0.3) is 11.8 Å². The first-order valence-electron chi connectivity index (χ1n) is 15.4. The Morgan fingerprint density at radius 2 is 0.886 bits per heavy atom. The molecule has 12 nitrogen and oxygen atoms in total. The van der Waals surface area contributed by atoms with Crippen molar-refractivity contribution in [2.75, 3.05) is 7.11 Å². The van der Waals surface area contributed by atoms with Gasteiger partial charge in [0, 0.05) is 23.2 Å². The van der Waals surface area contributed by atoms with Gasteiger partial charge in [0.05, 0.1) is 24.8 Å². The Hall–Kier alpha value is -3.83. The second kappa shape index (κ2) is 14.8. The van der Waals surface area contributed by atoms with Crippen LogP contribution in [0, 0.1) is 0 Å². The van der Waals surface area contributed by atoms with E-state index in [9.17, 15) is 24.0 Å². The monoisotopic (exact) mass is 616 g/mol. The van der Waals surface area contributed by atoms with Crippen molar-refractivity contribution in [1.29, 1.82) is 0 Å². The number of benzene rings is 1. The number of carbonyl (C=O) groups excluding carboxylic acids is 5. The van der Waals surface area contributed by atoms with E-state index in [2.05, 4.69) is 21.3 Å². The lowest BCUT2D eigenvalue weighted by Gasteiger charge is -2.33. The van der Waals surface area contributed by atoms with Gasteiger partial charge in [0.15, 0.2) is 0 Å². The summed E-state index contributed by atoms with van der Waals surface area (Å²) < 4.78 is 15.7. The maximum atomic E-state index is 13.5. The van der Waals surface area contributed by atoms with Gasteiger partial charge in [-0.2, -0.15) is 0 Å². The standard InChI is InChI=1S/C32H48N4O8/c1-31(2,3)43-29(40)35-24-14-10-8-12-22(24)33-26(37)19-16-20(18-21(17-19)28(39)42-7)27(38)34-23-13-9-11-15-25(23)36-30(41)44-32(4,5)6/h16-18,22-25H,8-15H2,1-7H3,(H,33,37)(H,34,38)(H,35,40)(H,36,41). The number of methoxy groups -OCH3 is 1. The van der Waals surface area contributed by atoms with Crippen LogP contribution in [0.1, 0.15) is 124 Å². The molecule has 4 amide bonds. The van der Waals surface area contributed by atoms with Crippen LogP contribution in [-0.4, -0.2) is 72.4 Å². The molecule has 2 aliphatic rings. The van der Waals surface area contributed by atoms with Gasteiger partial charge in [-0.1, -0.05) is 25.7 Å². The Balaban J connectivity index is 1.77. The summed E-state index contributed by atoms with van der Waals surface area (Å²) in [5.41, 5.74) is -1.07. The van der Waals surface area contributed by atoms with Crippen LogP contribution in [0.25, 0.3) is 0 Å². The normalized spacial score (nSPS) is 22.2. The maximum Gasteiger partial charge on any atom is 0.407 e. The van der Waals surface area contributed by atoms with Gasteiger partial charge in [0.2, 0.25) is 0 Å². The van der Waals surface area contributed by atoms with Gasteiger partial charge in [0.1, 0.15) is 11.2 Å². The van der Waals surface area contributed by atoms with E-state index in [0.717, 1.165) is 25.7 Å². The summed E-state index contributed by atoms with van der Waals surface area (Å²) in [6.07, 6.45) is 5.02. The number of hydrogen-bond donors (Lipinski definition) is 4. The average Bonchev–Trinajstić information content (AvgIpc) is 2.92. The third-order valence-electron chi connectivity index (χ3n) is 7.45. The van der Waals surface area contributed by atoms with Gasteiger partial charge in [-0.15, -0.1) is 0 Å². The molecule has 4 atom stereocenters. The van der Waals surface area contributed by atoms with E-state index >= 15 is 0 Å². The molecule has 0 radical (unpaired) electrons. The zero-order chi connectivity index (χ0) is 32.7. The molecule has 3 rings (SSSR count). The molecule has 1 aromatic rings. The molecule has 244 valence electrons. The third-order valence-corrected chi connectivity index (χ3v) is 7.45. The summed E-state index contributed by atoms with van der Waals surface area (Å²) in [4.78, 5) is 64.4. The molecule has 0 heterocycles. The summed E-state index contributed by atoms with van der Waals surface area (Å²) in [6.45, 7) is 10.7. The molecule has 4 N–H and O–H groups in total. The quantitative estimate of drug-likeness (QED) is 0.255. The number of rotatable bonds is 7. The number of amides is 4. The maximum absolute atomic E-state index is 13.5. The fraction of sp³-hybridized carbons (Fsp3) is 0.656. The molecule has 0 aromatic heterocycles. The molecule has 0 aliphatic heterocycles. The lowest BCUT2D eigenvalue weighted by molar-refractivity contribution is 0.0466. The van der Waals surface area contributed by atoms with Gasteiger partial charge in [-0.25, -0.2) is 14.4 Å². The van der Waals surface area contributed by atoms with E-state index < -0.39 is 41.2 Å². The largest absolute Gasteiger partial charge is 0.465 e. The minimum absolute atomic E-state index is 0.0458. The summed E-state index contributed by atoms with van der Waals surface area (Å²) in [7, 11) is 1.22. The van der Waals surface area contributed by atoms with Crippen LogP contribution in [0.5, 0.6) is 0 Å². The number of hydrogen-bond acceptors (Lipinski definition) is 8. The van der Waals surface area contributed by atoms with E-state index in [1.54, 1.807) is 41.5 Å². The fourth-order valence-electron chi connectivity index (χ4n) is 5.50. The minimum Gasteiger partial charge on any atom is -0.465 e. The van der Waals surface area contributed by atoms with Crippen molar-refractivity contribution in [3.8, 4) is 0 Å². The highest BCUT2D eigenvalue weighted by Crippen LogP contribution is 2.23. The number of nitrogens with one attached hydrogen (secondary N) is 4. The highest BCUT2D eigenvalue weighted by atomic mass is 16.6. The summed E-state index contributed by atoms with van der Waals surface area (Å²) >= 11 is 0. The zero-order valence-corrected chi connectivity index (χ0v) is 27.0. The fourth-order valence-corrected chi connectivity index (χ4v) is 5.50. The van der Waals surface area contributed by atoms with E-state index in [1.807, 2.05) is 0 Å². The van der Waals surface area contributed by atoms with Crippen LogP contribution < -0.4 is 21.3 Å². The molecular formula is C32H48N4O8. The molecule has 2 fully saturated rings. The molecule has 2 aliphatic carbocycles. The Morgan fingerprint density at radius 3 is 1.20 bits per heavy atom. The number of ether oxygens (including phenoxy) is 3. The predicted octanol–water partition coefficient (Wildman–Crippen LogP) is 4.60. The Morgan fingerprint density at radius 1 is 0.568 bits per heavy atom. The van der Waals surface area contributed by atoms with E-state index in [-0.39, 0.29) is 40.9 Å². The Labute approximate surface area is 259 Å². The lowest BCUT2D eigenvalue weighted by atomic mass is 9.89. The van der Waals surface area contributed by atoms with Gasteiger partial charge in [-0.3, -0.25) is 9.59 Å². The SMILES string of the molecule is COC(=O)c1cc(C(=O)NC2CCCCC2NC(=O)OC(C)(C)C)cc(C(=O)NC2CCCCC2NC(=O)OC(C)(C)C)c1. The van der Waals surface area contributed by atoms with Crippen LogP contribution in [0.4, 0.5) is 9.59 Å². The van der Waals surface area contributed by atoms with E-state index in [0.29, 0.717) is 25.7 Å². The molecule has 12 heteroatoms. The predicted molar refractivity (Wildman–Crippen MR) is 164 cm³/mol. The summed E-state index contributed by atoms with van der Waals surface area (Å²) in [5.74, 6) is -1.68. The smallest absolute Gasteiger partial charge is 0.407 e. The third kappa shape index (κ3) is 10.7. The first-order chi connectivity index (χ1) is 20.5. The van der Waals surface area contributed by atoms with Crippen LogP contribution in [0.2, 0.25) is 0 Å². The van der Waals surface area contributed by atoms with Crippen molar-refractivity contribution >= 4 is 30.0 Å². The van der Waals surface area contributed by atoms with E-state index in [4.69, 9.17) is 14.2 Å². The first kappa shape index (κ1) is 34.7. The Bertz CT molecular complexity index is 1140. The minimum atomic E-state index is -0.696. The highest BCUT2D eigenvalue weighted by molar-refractivity contribution is 6.03. The number of esters is 1.